The van der Waals surface area contributed by atoms with Crippen LogP contribution in [0.1, 0.15) is 0 Å². The quantitative estimate of drug-likeness (QED) is 0.0828. The van der Waals surface area contributed by atoms with Crippen LogP contribution in [0.2, 0.25) is 0 Å². The van der Waals surface area contributed by atoms with Crippen molar-refractivity contribution in [1.29, 1.82) is 0 Å². The maximum absolute atomic E-state index is 10.1. The van der Waals surface area contributed by atoms with Crippen LogP contribution in [0.15, 0.2) is 0 Å². The molecule has 0 aromatic heterocycles. The molecule has 13 atom stereocenters. The second-order valence-corrected chi connectivity index (χ2v) is 7.58. The van der Waals surface area contributed by atoms with E-state index in [9.17, 15) is 51.1 Å². The van der Waals surface area contributed by atoms with Gasteiger partial charge in [-0.15, -0.1) is 0 Å². The Labute approximate surface area is 203 Å². The predicted molar refractivity (Wildman–Crippen MR) is 97.3 cm³/mol. The van der Waals surface area contributed by atoms with Crippen LogP contribution in [0.3, 0.4) is 0 Å². The molecule has 2 heterocycles. The number of hydrogen-bond donors (Lipinski definition) is 11. The van der Waals surface area contributed by atoms with Gasteiger partial charge < -0.3 is 75.1 Å². The molecule has 0 aliphatic carbocycles. The Morgan fingerprint density at radius 3 is 1.74 bits per heavy atom. The van der Waals surface area contributed by atoms with Gasteiger partial charge >= 0.3 is 21.8 Å². The number of ether oxygens (including phenoxy) is 4. The SMILES string of the molecule is O[CH-][C@@H](O)[C@H](O)[C@H](O)CO[C@H]1O[C@H](CO[C@H]2O[C@H](CO)C(O)C(O)C2O)[C@@H](O)[C@H](O)C1O.[O]=[Rh]. The van der Waals surface area contributed by atoms with E-state index in [1.54, 1.807) is 0 Å². The van der Waals surface area contributed by atoms with E-state index in [1.165, 1.54) is 18.3 Å². The summed E-state index contributed by atoms with van der Waals surface area (Å²) in [7, 11) is 0. The van der Waals surface area contributed by atoms with Crippen molar-refractivity contribution in [2.75, 3.05) is 19.8 Å². The minimum atomic E-state index is -1.83. The van der Waals surface area contributed by atoms with Crippen LogP contribution in [-0.4, -0.2) is 156 Å². The van der Waals surface area contributed by atoms with Crippen molar-refractivity contribution in [2.45, 2.75) is 79.7 Å². The normalized spacial score (nSPS) is 41.2. The van der Waals surface area contributed by atoms with E-state index in [2.05, 4.69) is 0 Å². The van der Waals surface area contributed by atoms with Gasteiger partial charge in [-0.3, -0.25) is 0 Å². The fourth-order valence-electron chi connectivity index (χ4n) is 3.19. The summed E-state index contributed by atoms with van der Waals surface area (Å²) in [4.78, 5) is 0. The summed E-state index contributed by atoms with van der Waals surface area (Å²) >= 11 is 1.30. The second-order valence-electron chi connectivity index (χ2n) is 7.58. The molecule has 0 radical (unpaired) electrons. The molecule has 34 heavy (non-hydrogen) atoms. The molecule has 4 unspecified atom stereocenters. The third-order valence-electron chi connectivity index (χ3n) is 5.27. The van der Waals surface area contributed by atoms with E-state index in [1.807, 2.05) is 0 Å². The van der Waals surface area contributed by atoms with Crippen LogP contribution in [0.4, 0.5) is 0 Å². The molecular formula is C17H31O16Rh-. The van der Waals surface area contributed by atoms with Gasteiger partial charge in [-0.05, 0) is 6.10 Å². The molecule has 0 bridgehead atoms. The van der Waals surface area contributed by atoms with Gasteiger partial charge in [0, 0.05) is 0 Å². The minimum absolute atomic E-state index is 0.242. The molecule has 0 aromatic carbocycles. The van der Waals surface area contributed by atoms with Gasteiger partial charge in [0.15, 0.2) is 12.6 Å². The maximum atomic E-state index is 10.1. The molecule has 0 saturated carbocycles. The van der Waals surface area contributed by atoms with Crippen LogP contribution < -0.4 is 0 Å². The first-order chi connectivity index (χ1) is 16.0. The van der Waals surface area contributed by atoms with Gasteiger partial charge in [-0.2, -0.15) is 6.61 Å². The van der Waals surface area contributed by atoms with Gasteiger partial charge in [0.05, 0.1) is 25.9 Å². The first kappa shape index (κ1) is 31.9. The van der Waals surface area contributed by atoms with Crippen molar-refractivity contribution in [1.82, 2.24) is 0 Å². The van der Waals surface area contributed by atoms with Crippen LogP contribution >= 0.6 is 0 Å². The van der Waals surface area contributed by atoms with E-state index in [0.29, 0.717) is 0 Å². The number of aliphatic hydroxyl groups excluding tert-OH is 11. The van der Waals surface area contributed by atoms with Crippen molar-refractivity contribution in [3.8, 4) is 0 Å². The third kappa shape index (κ3) is 7.91. The summed E-state index contributed by atoms with van der Waals surface area (Å²) in [6, 6.07) is 0. The number of aliphatic hydroxyl groups is 11. The zero-order valence-electron chi connectivity index (χ0n) is 17.5. The summed E-state index contributed by atoms with van der Waals surface area (Å²) < 4.78 is 29.0. The summed E-state index contributed by atoms with van der Waals surface area (Å²) in [5, 5.41) is 106. The first-order valence-corrected chi connectivity index (χ1v) is 10.6. The molecule has 17 heteroatoms. The van der Waals surface area contributed by atoms with Crippen LogP contribution in [0, 0.1) is 6.61 Å². The Kier molecular flexibility index (Phi) is 14.2. The van der Waals surface area contributed by atoms with Gasteiger partial charge in [0.1, 0.15) is 54.9 Å². The molecule has 2 aliphatic rings. The Hall–Kier alpha value is -0.177. The van der Waals surface area contributed by atoms with Crippen molar-refractivity contribution >= 4 is 0 Å². The third-order valence-corrected chi connectivity index (χ3v) is 5.27. The zero-order chi connectivity index (χ0) is 26.2. The van der Waals surface area contributed by atoms with Crippen molar-refractivity contribution in [3.63, 3.8) is 0 Å². The van der Waals surface area contributed by atoms with Crippen LogP contribution in [0.25, 0.3) is 0 Å². The topological polar surface area (TPSA) is 277 Å². The Morgan fingerprint density at radius 1 is 0.765 bits per heavy atom. The number of hydrogen-bond acceptors (Lipinski definition) is 16. The Bertz CT molecular complexity index is 574. The van der Waals surface area contributed by atoms with Crippen LogP contribution in [0.5, 0.6) is 0 Å². The van der Waals surface area contributed by atoms with Gasteiger partial charge in [0.2, 0.25) is 0 Å². The van der Waals surface area contributed by atoms with E-state index in [-0.39, 0.29) is 6.61 Å². The van der Waals surface area contributed by atoms with E-state index in [0.717, 1.165) is 0 Å². The molecule has 0 spiro atoms. The Morgan fingerprint density at radius 2 is 1.24 bits per heavy atom. The molecule has 0 aromatic rings. The van der Waals surface area contributed by atoms with E-state index >= 15 is 0 Å². The summed E-state index contributed by atoms with van der Waals surface area (Å²) in [5.74, 6) is 0. The average molecular weight is 594 g/mol. The van der Waals surface area contributed by atoms with Crippen molar-refractivity contribution in [3.05, 3.63) is 6.61 Å². The molecule has 11 N–H and O–H groups in total. The van der Waals surface area contributed by atoms with E-state index in [4.69, 9.17) is 27.6 Å². The Balaban J connectivity index is 0.00000281. The van der Waals surface area contributed by atoms with Crippen LogP contribution in [-0.2, 0) is 40.8 Å². The standard InChI is InChI=1S/C17H31O15.O.Rh/c18-1-5(20)9(22)6(21)3-29-16-15(28)13(26)11(24)8(32-16)4-30-17-14(27)12(25)10(23)7(2-19)31-17;;/h1,5-28H,2-4H2;;/q-1;;/t5-,6-,7-,8-,9+,10?,11-,12?,13+,14?,15?,16+,17+;;/m1../s1. The van der Waals surface area contributed by atoms with Gasteiger partial charge in [-0.1, -0.05) is 0 Å². The molecule has 2 rings (SSSR count). The summed E-state index contributed by atoms with van der Waals surface area (Å²) in [6.45, 7) is -1.73. The monoisotopic (exact) mass is 594 g/mol. The molecule has 16 nitrogen and oxygen atoms in total. The molecule has 2 saturated heterocycles. The van der Waals surface area contributed by atoms with Crippen molar-refractivity contribution in [2.24, 2.45) is 0 Å². The average Bonchev–Trinajstić information content (AvgIpc) is 2.85. The second kappa shape index (κ2) is 15.2. The summed E-state index contributed by atoms with van der Waals surface area (Å²) in [6.07, 6.45) is -21.4. The zero-order valence-corrected chi connectivity index (χ0v) is 19.1. The van der Waals surface area contributed by atoms with Gasteiger partial charge in [0.25, 0.3) is 0 Å². The fraction of sp³-hybridized carbons (Fsp3) is 0.941. The molecule has 2 aliphatic heterocycles. The molecular weight excluding hydrogens is 563 g/mol. The first-order valence-electron chi connectivity index (χ1n) is 9.92. The summed E-state index contributed by atoms with van der Waals surface area (Å²) in [5.41, 5.74) is 0. The molecule has 205 valence electrons. The molecule has 2 fully saturated rings. The number of rotatable bonds is 10. The van der Waals surface area contributed by atoms with Crippen molar-refractivity contribution < 1.29 is 96.9 Å². The predicted octanol–water partition coefficient (Wildman–Crippen LogP) is -6.88. The van der Waals surface area contributed by atoms with E-state index < -0.39 is 99.5 Å². The fourth-order valence-corrected chi connectivity index (χ4v) is 3.19. The van der Waals surface area contributed by atoms with Gasteiger partial charge in [-0.25, -0.2) is 0 Å². The molecule has 0 amide bonds.